The van der Waals surface area contributed by atoms with E-state index in [1.165, 1.54) is 21.1 Å². The van der Waals surface area contributed by atoms with E-state index in [1.807, 2.05) is 0 Å². The van der Waals surface area contributed by atoms with Crippen molar-refractivity contribution in [1.29, 1.82) is 0 Å². The number of ether oxygens (including phenoxy) is 6. The minimum atomic E-state index is -1.83. The number of methoxy groups -OCH3 is 4. The van der Waals surface area contributed by atoms with Crippen molar-refractivity contribution in [3.63, 3.8) is 0 Å². The minimum absolute atomic E-state index is 0.0975. The van der Waals surface area contributed by atoms with Crippen LogP contribution in [-0.2, 0) is 28.5 Å². The predicted molar refractivity (Wildman–Crippen MR) is 165 cm³/mol. The van der Waals surface area contributed by atoms with Crippen LogP contribution in [0.2, 0.25) is 0 Å². The largest absolute Gasteiger partial charge is 0.497 e. The lowest BCUT2D eigenvalue weighted by Gasteiger charge is -2.70. The summed E-state index contributed by atoms with van der Waals surface area (Å²) in [5, 5.41) is 37.3. The highest BCUT2D eigenvalue weighted by atomic mass is 16.6. The smallest absolute Gasteiger partial charge is 0.338 e. The molecule has 7 rings (SSSR count). The van der Waals surface area contributed by atoms with E-state index in [0.29, 0.717) is 31.7 Å². The molecule has 3 N–H and O–H groups in total. The number of rotatable bonds is 9. The minimum Gasteiger partial charge on any atom is -0.497 e. The van der Waals surface area contributed by atoms with Crippen molar-refractivity contribution in [2.75, 3.05) is 41.5 Å². The van der Waals surface area contributed by atoms with Gasteiger partial charge in [0, 0.05) is 75.8 Å². The van der Waals surface area contributed by atoms with Crippen molar-refractivity contribution in [3.8, 4) is 5.75 Å². The second-order valence-electron chi connectivity index (χ2n) is 14.7. The number of likely N-dealkylation sites (tertiary alicyclic amines) is 1. The lowest BCUT2D eigenvalue weighted by molar-refractivity contribution is -0.321. The van der Waals surface area contributed by atoms with Crippen LogP contribution in [0.25, 0.3) is 0 Å². The van der Waals surface area contributed by atoms with Crippen LogP contribution in [0.4, 0.5) is 0 Å². The first-order valence-electron chi connectivity index (χ1n) is 16.9. The van der Waals surface area contributed by atoms with Crippen LogP contribution in [0.1, 0.15) is 50.4 Å². The zero-order valence-corrected chi connectivity index (χ0v) is 28.3. The van der Waals surface area contributed by atoms with Gasteiger partial charge in [-0.25, -0.2) is 4.79 Å². The third-order valence-corrected chi connectivity index (χ3v) is 13.7. The van der Waals surface area contributed by atoms with Gasteiger partial charge in [0.1, 0.15) is 29.7 Å². The fraction of sp³-hybridized carbons (Fsp3) is 0.771. The number of benzene rings is 1. The first-order valence-corrected chi connectivity index (χ1v) is 16.9. The van der Waals surface area contributed by atoms with Gasteiger partial charge in [-0.15, -0.1) is 0 Å². The molecule has 12 nitrogen and oxygen atoms in total. The molecule has 12 heteroatoms. The molecule has 6 aliphatic rings. The number of carbonyl (C=O) groups excluding carboxylic acids is 2. The standard InChI is InChI=1S/C35H49NO11/c1-8-32-16-36(9-2)27-24-25(44-6)26(32)34(27,22(43-5)14-21(32)38)20-15-33(41)29(46-31(40)18-10-12-19(42-4)13-11-18)23(20)35(24,47-17(3)37)28(39)30(33)45-7/h10-13,20-30,38-39,41H,8-9,14-16H2,1-7H3/t20?,21-,22+,23-,24?,25?,26?,27?,28+,29-,30+,32?,33-,34?,35-/m1/s1. The summed E-state index contributed by atoms with van der Waals surface area (Å²) in [6.07, 6.45) is -4.53. The first kappa shape index (κ1) is 33.2. The normalized spacial score (nSPS) is 49.0. The summed E-state index contributed by atoms with van der Waals surface area (Å²) in [7, 11) is 6.23. The number of fused-ring (bicyclic) bond motifs is 2. The number of nitrogens with zero attached hydrogens (tertiary/aromatic N) is 1. The fourth-order valence-corrected chi connectivity index (χ4v) is 12.5. The molecule has 7 bridgehead atoms. The number of esters is 2. The zero-order valence-electron chi connectivity index (χ0n) is 28.3. The van der Waals surface area contributed by atoms with E-state index in [-0.39, 0.29) is 23.9 Å². The average Bonchev–Trinajstić information content (AvgIpc) is 3.43. The molecule has 1 aromatic rings. The van der Waals surface area contributed by atoms with Crippen molar-refractivity contribution < 1.29 is 53.3 Å². The lowest BCUT2D eigenvalue weighted by Crippen LogP contribution is -2.81. The van der Waals surface area contributed by atoms with E-state index in [9.17, 15) is 24.9 Å². The zero-order chi connectivity index (χ0) is 33.8. The highest BCUT2D eigenvalue weighted by molar-refractivity contribution is 5.89. The predicted octanol–water partition coefficient (Wildman–Crippen LogP) is 1.42. The molecular formula is C35H49NO11. The Labute approximate surface area is 275 Å². The Balaban J connectivity index is 1.50. The van der Waals surface area contributed by atoms with Gasteiger partial charge < -0.3 is 43.7 Å². The summed E-state index contributed by atoms with van der Waals surface area (Å²) >= 11 is 0. The Morgan fingerprint density at radius 3 is 2.23 bits per heavy atom. The molecule has 47 heavy (non-hydrogen) atoms. The van der Waals surface area contributed by atoms with E-state index < -0.39 is 88.3 Å². The van der Waals surface area contributed by atoms with Crippen molar-refractivity contribution in [2.45, 2.75) is 93.9 Å². The second kappa shape index (κ2) is 11.1. The Kier molecular flexibility index (Phi) is 7.84. The Morgan fingerprint density at radius 2 is 1.68 bits per heavy atom. The molecule has 0 amide bonds. The summed E-state index contributed by atoms with van der Waals surface area (Å²) in [5.41, 5.74) is -4.55. The molecule has 1 aliphatic heterocycles. The van der Waals surface area contributed by atoms with Gasteiger partial charge >= 0.3 is 11.9 Å². The molecule has 15 atom stereocenters. The van der Waals surface area contributed by atoms with Gasteiger partial charge in [-0.3, -0.25) is 9.69 Å². The summed E-state index contributed by atoms with van der Waals surface area (Å²) in [5.74, 6) is -2.91. The van der Waals surface area contributed by atoms with E-state index in [1.54, 1.807) is 38.5 Å². The number of carbonyl (C=O) groups is 2. The SMILES string of the molecule is CCN1CC2(CC)C3C(OC)C4C1C3(C1C[C@@]3(O)[C@H](OC(=O)c5ccc(OC)cc5)[C@@H]1[C@]4(OC(C)=O)[C@@H](O)[C@@H]3OC)[C@@H](OC)C[C@H]2O. The molecule has 1 aromatic carbocycles. The van der Waals surface area contributed by atoms with Crippen LogP contribution in [0.5, 0.6) is 5.75 Å². The van der Waals surface area contributed by atoms with E-state index in [4.69, 9.17) is 28.4 Å². The van der Waals surface area contributed by atoms with Gasteiger partial charge in [0.05, 0.1) is 31.0 Å². The quantitative estimate of drug-likeness (QED) is 0.329. The number of piperidine rings is 1. The number of hydrogen-bond donors (Lipinski definition) is 3. The maximum atomic E-state index is 13.9. The van der Waals surface area contributed by atoms with Crippen LogP contribution >= 0.6 is 0 Å². The second-order valence-corrected chi connectivity index (χ2v) is 14.7. The van der Waals surface area contributed by atoms with E-state index >= 15 is 0 Å². The van der Waals surface area contributed by atoms with Gasteiger partial charge in [-0.1, -0.05) is 13.8 Å². The molecule has 7 unspecified atom stereocenters. The molecule has 260 valence electrons. The Hall–Kier alpha value is -2.32. The summed E-state index contributed by atoms with van der Waals surface area (Å²) in [6, 6.07) is 6.19. The van der Waals surface area contributed by atoms with Crippen molar-refractivity contribution in [2.24, 2.45) is 34.5 Å². The lowest BCUT2D eigenvalue weighted by atomic mass is 9.42. The highest BCUT2D eigenvalue weighted by Crippen LogP contribution is 2.81. The van der Waals surface area contributed by atoms with Gasteiger partial charge in [0.2, 0.25) is 0 Å². The highest BCUT2D eigenvalue weighted by Gasteiger charge is 2.92. The maximum absolute atomic E-state index is 13.9. The van der Waals surface area contributed by atoms with E-state index in [0.717, 1.165) is 0 Å². The molecule has 0 aromatic heterocycles. The number of aliphatic hydroxyl groups excluding tert-OH is 2. The monoisotopic (exact) mass is 659 g/mol. The number of hydrogen-bond acceptors (Lipinski definition) is 12. The Morgan fingerprint density at radius 1 is 0.979 bits per heavy atom. The molecule has 6 fully saturated rings. The van der Waals surface area contributed by atoms with Gasteiger partial charge in [0.15, 0.2) is 5.60 Å². The van der Waals surface area contributed by atoms with Crippen molar-refractivity contribution in [3.05, 3.63) is 29.8 Å². The van der Waals surface area contributed by atoms with Crippen LogP contribution < -0.4 is 4.74 Å². The summed E-state index contributed by atoms with van der Waals surface area (Å²) < 4.78 is 36.9. The van der Waals surface area contributed by atoms with Gasteiger partial charge in [0.25, 0.3) is 0 Å². The van der Waals surface area contributed by atoms with Gasteiger partial charge in [-0.2, -0.15) is 0 Å². The Bertz CT molecular complexity index is 1410. The van der Waals surface area contributed by atoms with Crippen LogP contribution in [0, 0.1) is 34.5 Å². The van der Waals surface area contributed by atoms with Crippen molar-refractivity contribution >= 4 is 11.9 Å². The average molecular weight is 660 g/mol. The molecule has 1 saturated heterocycles. The third kappa shape index (κ3) is 3.78. The van der Waals surface area contributed by atoms with Crippen LogP contribution in [0.15, 0.2) is 24.3 Å². The topological polar surface area (TPSA) is 153 Å². The molecule has 5 aliphatic carbocycles. The molecule has 1 heterocycles. The molecule has 5 saturated carbocycles. The van der Waals surface area contributed by atoms with E-state index in [2.05, 4.69) is 18.7 Å². The first-order chi connectivity index (χ1) is 22.4. The fourth-order valence-electron chi connectivity index (χ4n) is 12.5. The van der Waals surface area contributed by atoms with Crippen LogP contribution in [-0.4, -0.2) is 128 Å². The summed E-state index contributed by atoms with van der Waals surface area (Å²) in [6.45, 7) is 6.71. The van der Waals surface area contributed by atoms with Crippen molar-refractivity contribution in [1.82, 2.24) is 4.90 Å². The van der Waals surface area contributed by atoms with Crippen LogP contribution in [0.3, 0.4) is 0 Å². The molecular weight excluding hydrogens is 610 g/mol. The summed E-state index contributed by atoms with van der Waals surface area (Å²) in [4.78, 5) is 29.5. The molecule has 0 radical (unpaired) electrons. The number of aliphatic hydroxyl groups is 3. The van der Waals surface area contributed by atoms with Gasteiger partial charge in [-0.05, 0) is 49.6 Å². The third-order valence-electron chi connectivity index (χ3n) is 13.7. The molecule has 1 spiro atoms. The maximum Gasteiger partial charge on any atom is 0.338 e.